The first-order valence-corrected chi connectivity index (χ1v) is 14.4. The van der Waals surface area contributed by atoms with Crippen LogP contribution in [0.2, 0.25) is 0 Å². The Labute approximate surface area is 253 Å². The molecule has 0 bridgehead atoms. The van der Waals surface area contributed by atoms with Gasteiger partial charge in [-0.3, -0.25) is 14.3 Å². The van der Waals surface area contributed by atoms with Gasteiger partial charge in [-0.25, -0.2) is 4.98 Å². The molecule has 0 aliphatic carbocycles. The molecule has 0 aliphatic heterocycles. The number of unbranched alkanes of at least 4 members (excludes halogenated alkanes) is 1. The Kier molecular flexibility index (Phi) is 12.3. The molecule has 3 aromatic rings. The van der Waals surface area contributed by atoms with Crippen LogP contribution in [-0.2, 0) is 16.6 Å². The Morgan fingerprint density at radius 2 is 2.00 bits per heavy atom. The number of carbonyl (C=O) groups excluding carboxylic acids is 2. The molecule has 2 aromatic heterocycles. The van der Waals surface area contributed by atoms with Gasteiger partial charge in [0, 0.05) is 51.9 Å². The molecule has 1 atom stereocenters. The van der Waals surface area contributed by atoms with Crippen LogP contribution in [0.1, 0.15) is 38.7 Å². The molecule has 3 N–H and O–H groups in total. The van der Waals surface area contributed by atoms with Gasteiger partial charge in [-0.05, 0) is 52.1 Å². The molecule has 0 spiro atoms. The number of nitrogens with zero attached hydrogens (tertiary/aromatic N) is 6. The van der Waals surface area contributed by atoms with E-state index in [9.17, 15) is 9.59 Å². The summed E-state index contributed by atoms with van der Waals surface area (Å²) in [6.45, 7) is 5.66. The third-order valence-corrected chi connectivity index (χ3v) is 6.64. The summed E-state index contributed by atoms with van der Waals surface area (Å²) in [5, 5.41) is 14.8. The third-order valence-electron chi connectivity index (χ3n) is 6.64. The molecule has 0 radical (unpaired) electrons. The standard InChI is InChI=1S/C31H43N9O3/c1-8-17-32-28-23(13-10-9-11-18-33-29(42)22(2)39(5)27(41)14-12-19-38(3)4)21-34-31(36-28)35-24-15-16-26-25(20-24)30(43-7)37-40(26)6/h12,14-16,20-22H,8-9,11,17-19H2,1-7H3,(H,33,42)(H2,32,34,35,36)/b14-12+/t22-/m0/s1. The molecule has 2 heterocycles. The van der Waals surface area contributed by atoms with Crippen molar-refractivity contribution >= 4 is 40.2 Å². The number of hydrogen-bond donors (Lipinski definition) is 3. The van der Waals surface area contributed by atoms with E-state index in [4.69, 9.17) is 4.74 Å². The molecular formula is C31H43N9O3. The molecular weight excluding hydrogens is 546 g/mol. The zero-order valence-corrected chi connectivity index (χ0v) is 26.2. The van der Waals surface area contributed by atoms with E-state index in [0.29, 0.717) is 49.1 Å². The molecule has 3 rings (SSSR count). The smallest absolute Gasteiger partial charge is 0.246 e. The second kappa shape index (κ2) is 16.1. The Morgan fingerprint density at radius 3 is 2.72 bits per heavy atom. The van der Waals surface area contributed by atoms with E-state index in [2.05, 4.69) is 49.8 Å². The quantitative estimate of drug-likeness (QED) is 0.148. The predicted molar refractivity (Wildman–Crippen MR) is 170 cm³/mol. The lowest BCUT2D eigenvalue weighted by atomic mass is 10.2. The predicted octanol–water partition coefficient (Wildman–Crippen LogP) is 3.15. The summed E-state index contributed by atoms with van der Waals surface area (Å²) in [7, 11) is 8.95. The zero-order chi connectivity index (χ0) is 31.4. The third kappa shape index (κ3) is 9.44. The number of fused-ring (bicyclic) bond motifs is 1. The number of benzene rings is 1. The zero-order valence-electron chi connectivity index (χ0n) is 26.2. The first-order valence-electron chi connectivity index (χ1n) is 14.4. The van der Waals surface area contributed by atoms with Gasteiger partial charge in [-0.15, -0.1) is 5.10 Å². The molecule has 0 saturated carbocycles. The fraction of sp³-hybridized carbons (Fsp3) is 0.452. The summed E-state index contributed by atoms with van der Waals surface area (Å²) in [5.74, 6) is 7.56. The maximum Gasteiger partial charge on any atom is 0.246 e. The lowest BCUT2D eigenvalue weighted by molar-refractivity contribution is -0.135. The number of rotatable bonds is 14. The van der Waals surface area contributed by atoms with Gasteiger partial charge >= 0.3 is 0 Å². The minimum Gasteiger partial charge on any atom is -0.479 e. The van der Waals surface area contributed by atoms with Crippen molar-refractivity contribution in [2.24, 2.45) is 7.05 Å². The molecule has 230 valence electrons. The molecule has 12 nitrogen and oxygen atoms in total. The van der Waals surface area contributed by atoms with Crippen LogP contribution in [-0.4, -0.2) is 95.3 Å². The normalized spacial score (nSPS) is 11.7. The van der Waals surface area contributed by atoms with Crippen LogP contribution in [0, 0.1) is 11.8 Å². The Hall–Kier alpha value is -4.63. The van der Waals surface area contributed by atoms with Crippen LogP contribution in [0.3, 0.4) is 0 Å². The van der Waals surface area contributed by atoms with Crippen molar-refractivity contribution in [3.8, 4) is 17.7 Å². The van der Waals surface area contributed by atoms with E-state index in [1.54, 1.807) is 38.0 Å². The van der Waals surface area contributed by atoms with Gasteiger partial charge in [-0.2, -0.15) is 4.98 Å². The molecule has 0 saturated heterocycles. The van der Waals surface area contributed by atoms with Gasteiger partial charge in [0.05, 0.1) is 29.8 Å². The summed E-state index contributed by atoms with van der Waals surface area (Å²) >= 11 is 0. The highest BCUT2D eigenvalue weighted by molar-refractivity contribution is 5.92. The topological polar surface area (TPSA) is 130 Å². The number of anilines is 3. The lowest BCUT2D eigenvalue weighted by Crippen LogP contribution is -2.45. The average molecular weight is 590 g/mol. The highest BCUT2D eigenvalue weighted by Crippen LogP contribution is 2.28. The Morgan fingerprint density at radius 1 is 1.21 bits per heavy atom. The molecule has 0 fully saturated rings. The van der Waals surface area contributed by atoms with Crippen molar-refractivity contribution in [2.75, 3.05) is 58.5 Å². The summed E-state index contributed by atoms with van der Waals surface area (Å²) in [4.78, 5) is 37.3. The number of hydrogen-bond acceptors (Lipinski definition) is 9. The van der Waals surface area contributed by atoms with Crippen molar-refractivity contribution in [2.45, 2.75) is 39.2 Å². The number of aromatic nitrogens is 4. The Balaban J connectivity index is 1.56. The number of aryl methyl sites for hydroxylation is 1. The Bertz CT molecular complexity index is 1490. The fourth-order valence-electron chi connectivity index (χ4n) is 4.05. The molecule has 1 aromatic carbocycles. The van der Waals surface area contributed by atoms with E-state index >= 15 is 0 Å². The number of likely N-dealkylation sites (N-methyl/N-ethyl adjacent to an activating group) is 2. The van der Waals surface area contributed by atoms with E-state index in [1.165, 1.54) is 11.0 Å². The SMILES string of the molecule is CCCNc1nc(Nc2ccc3c(c2)c(OC)nn3C)ncc1C#CCCCNC(=O)[C@H](C)N(C)C(=O)/C=C/CN(C)C. The summed E-state index contributed by atoms with van der Waals surface area (Å²) < 4.78 is 7.17. The van der Waals surface area contributed by atoms with Crippen LogP contribution in [0.25, 0.3) is 10.9 Å². The largest absolute Gasteiger partial charge is 0.479 e. The number of methoxy groups -OCH3 is 1. The highest BCUT2D eigenvalue weighted by Gasteiger charge is 2.20. The van der Waals surface area contributed by atoms with Crippen molar-refractivity contribution in [1.29, 1.82) is 0 Å². The van der Waals surface area contributed by atoms with Gasteiger partial charge in [0.25, 0.3) is 0 Å². The van der Waals surface area contributed by atoms with Crippen molar-refractivity contribution < 1.29 is 14.3 Å². The minimum atomic E-state index is -0.577. The lowest BCUT2D eigenvalue weighted by Gasteiger charge is -2.23. The van der Waals surface area contributed by atoms with Crippen LogP contribution in [0.5, 0.6) is 5.88 Å². The maximum absolute atomic E-state index is 12.5. The van der Waals surface area contributed by atoms with E-state index in [0.717, 1.165) is 29.6 Å². The van der Waals surface area contributed by atoms with Crippen molar-refractivity contribution in [1.82, 2.24) is 34.9 Å². The summed E-state index contributed by atoms with van der Waals surface area (Å²) in [6.07, 6.45) is 7.16. The monoisotopic (exact) mass is 589 g/mol. The van der Waals surface area contributed by atoms with Crippen LogP contribution in [0.4, 0.5) is 17.5 Å². The van der Waals surface area contributed by atoms with Crippen molar-refractivity contribution in [3.05, 3.63) is 42.1 Å². The van der Waals surface area contributed by atoms with Gasteiger partial charge in [0.1, 0.15) is 11.9 Å². The molecule has 0 aliphatic rings. The second-order valence-electron chi connectivity index (χ2n) is 10.4. The molecule has 12 heteroatoms. The van der Waals surface area contributed by atoms with Gasteiger partial charge in [0.2, 0.25) is 23.6 Å². The van der Waals surface area contributed by atoms with E-state index < -0.39 is 6.04 Å². The molecule has 2 amide bonds. The minimum absolute atomic E-state index is 0.200. The first kappa shape index (κ1) is 32.9. The van der Waals surface area contributed by atoms with Crippen LogP contribution in [0.15, 0.2) is 36.5 Å². The summed E-state index contributed by atoms with van der Waals surface area (Å²) in [6, 6.07) is 5.29. The molecule has 0 unspecified atom stereocenters. The number of ether oxygens (including phenoxy) is 1. The summed E-state index contributed by atoms with van der Waals surface area (Å²) in [5.41, 5.74) is 2.47. The second-order valence-corrected chi connectivity index (χ2v) is 10.4. The molecule has 43 heavy (non-hydrogen) atoms. The number of nitrogens with one attached hydrogen (secondary N) is 3. The van der Waals surface area contributed by atoms with Crippen molar-refractivity contribution in [3.63, 3.8) is 0 Å². The van der Waals surface area contributed by atoms with Gasteiger partial charge in [-0.1, -0.05) is 24.8 Å². The number of carbonyl (C=O) groups is 2. The highest BCUT2D eigenvalue weighted by atomic mass is 16.5. The maximum atomic E-state index is 12.5. The van der Waals surface area contributed by atoms with Gasteiger partial charge < -0.3 is 30.5 Å². The van der Waals surface area contributed by atoms with E-state index in [-0.39, 0.29) is 11.8 Å². The average Bonchev–Trinajstić information content (AvgIpc) is 3.31. The first-order chi connectivity index (χ1) is 20.6. The van der Waals surface area contributed by atoms with Crippen LogP contribution >= 0.6 is 0 Å². The number of amides is 2. The van der Waals surface area contributed by atoms with E-state index in [1.807, 2.05) is 44.2 Å². The van der Waals surface area contributed by atoms with Crippen LogP contribution < -0.4 is 20.7 Å². The van der Waals surface area contributed by atoms with Gasteiger partial charge in [0.15, 0.2) is 0 Å². The fourth-order valence-corrected chi connectivity index (χ4v) is 4.05.